The van der Waals surface area contributed by atoms with Gasteiger partial charge in [-0.15, -0.1) is 0 Å². The smallest absolute Gasteiger partial charge is 0.342 e. The van der Waals surface area contributed by atoms with Crippen LogP contribution < -0.4 is 9.47 Å². The molecule has 1 aromatic carbocycles. The van der Waals surface area contributed by atoms with E-state index in [1.165, 1.54) is 14.2 Å². The van der Waals surface area contributed by atoms with E-state index in [1.807, 2.05) is 6.92 Å². The van der Waals surface area contributed by atoms with Gasteiger partial charge in [0.2, 0.25) is 0 Å². The van der Waals surface area contributed by atoms with E-state index in [0.29, 0.717) is 23.7 Å². The molecule has 0 spiro atoms. The highest BCUT2D eigenvalue weighted by Crippen LogP contribution is 2.30. The standard InChI is InChI=1S/C12H16O4/c1-4-8-16-12(13)9-6-5-7-10(14-2)11(9)15-3/h5-7H,4,8H2,1-3H3. The third kappa shape index (κ3) is 2.66. The SMILES string of the molecule is CCCOC(=O)c1cccc(OC)c1OC. The van der Waals surface area contributed by atoms with Crippen LogP contribution in [0, 0.1) is 0 Å². The van der Waals surface area contributed by atoms with Gasteiger partial charge in [-0.3, -0.25) is 0 Å². The fourth-order valence-corrected chi connectivity index (χ4v) is 1.32. The van der Waals surface area contributed by atoms with E-state index in [2.05, 4.69) is 0 Å². The average Bonchev–Trinajstić information content (AvgIpc) is 2.34. The molecule has 0 unspecified atom stereocenters. The van der Waals surface area contributed by atoms with Crippen molar-refractivity contribution in [3.63, 3.8) is 0 Å². The predicted molar refractivity (Wildman–Crippen MR) is 60.1 cm³/mol. The lowest BCUT2D eigenvalue weighted by Gasteiger charge is -2.11. The van der Waals surface area contributed by atoms with E-state index in [9.17, 15) is 4.79 Å². The van der Waals surface area contributed by atoms with Gasteiger partial charge in [0.1, 0.15) is 5.56 Å². The number of para-hydroxylation sites is 1. The van der Waals surface area contributed by atoms with E-state index in [4.69, 9.17) is 14.2 Å². The summed E-state index contributed by atoms with van der Waals surface area (Å²) in [5.74, 6) is 0.539. The number of esters is 1. The Kier molecular flexibility index (Phi) is 4.64. The van der Waals surface area contributed by atoms with Crippen molar-refractivity contribution in [2.75, 3.05) is 20.8 Å². The Labute approximate surface area is 95.1 Å². The van der Waals surface area contributed by atoms with Crippen molar-refractivity contribution in [3.05, 3.63) is 23.8 Å². The molecule has 0 atom stereocenters. The van der Waals surface area contributed by atoms with Gasteiger partial charge in [-0.2, -0.15) is 0 Å². The average molecular weight is 224 g/mol. The van der Waals surface area contributed by atoms with Crippen molar-refractivity contribution < 1.29 is 19.0 Å². The number of ether oxygens (including phenoxy) is 3. The summed E-state index contributed by atoms with van der Waals surface area (Å²) in [6, 6.07) is 5.11. The predicted octanol–water partition coefficient (Wildman–Crippen LogP) is 2.27. The first-order chi connectivity index (χ1) is 7.74. The number of carbonyl (C=O) groups excluding carboxylic acids is 1. The number of rotatable bonds is 5. The molecule has 1 aromatic rings. The molecule has 0 amide bonds. The molecule has 0 N–H and O–H groups in total. The van der Waals surface area contributed by atoms with Crippen LogP contribution in [0.1, 0.15) is 23.7 Å². The molecule has 0 bridgehead atoms. The third-order valence-corrected chi connectivity index (χ3v) is 2.06. The highest BCUT2D eigenvalue weighted by atomic mass is 16.5. The molecule has 0 saturated heterocycles. The molecule has 0 aliphatic rings. The molecule has 0 fully saturated rings. The summed E-state index contributed by atoms with van der Waals surface area (Å²) in [7, 11) is 3.02. The van der Waals surface area contributed by atoms with Crippen molar-refractivity contribution in [2.45, 2.75) is 13.3 Å². The zero-order valence-corrected chi connectivity index (χ0v) is 9.78. The quantitative estimate of drug-likeness (QED) is 0.720. The van der Waals surface area contributed by atoms with Crippen LogP contribution in [0.5, 0.6) is 11.5 Å². The van der Waals surface area contributed by atoms with E-state index < -0.39 is 5.97 Å². The van der Waals surface area contributed by atoms with Crippen LogP contribution in [0.25, 0.3) is 0 Å². The van der Waals surface area contributed by atoms with Crippen molar-refractivity contribution in [1.29, 1.82) is 0 Å². The van der Waals surface area contributed by atoms with Crippen molar-refractivity contribution in [3.8, 4) is 11.5 Å². The van der Waals surface area contributed by atoms with Crippen LogP contribution in [-0.4, -0.2) is 26.8 Å². The summed E-state index contributed by atoms with van der Waals surface area (Å²) in [5.41, 5.74) is 0.385. The molecule has 0 aliphatic heterocycles. The Morgan fingerprint density at radius 2 is 2.00 bits per heavy atom. The molecule has 0 radical (unpaired) electrons. The Balaban J connectivity index is 2.98. The maximum atomic E-state index is 11.7. The van der Waals surface area contributed by atoms with Crippen LogP contribution >= 0.6 is 0 Å². The van der Waals surface area contributed by atoms with E-state index in [0.717, 1.165) is 6.42 Å². The van der Waals surface area contributed by atoms with Crippen LogP contribution in [0.15, 0.2) is 18.2 Å². The minimum absolute atomic E-state index is 0.385. The Bertz CT molecular complexity index is 360. The summed E-state index contributed by atoms with van der Waals surface area (Å²) in [6.07, 6.45) is 0.790. The van der Waals surface area contributed by atoms with Crippen molar-refractivity contribution in [2.24, 2.45) is 0 Å². The number of methoxy groups -OCH3 is 2. The van der Waals surface area contributed by atoms with Gasteiger partial charge in [0.15, 0.2) is 11.5 Å². The van der Waals surface area contributed by atoms with Crippen LogP contribution in [-0.2, 0) is 4.74 Å². The number of carbonyl (C=O) groups is 1. The van der Waals surface area contributed by atoms with Crippen molar-refractivity contribution >= 4 is 5.97 Å². The van der Waals surface area contributed by atoms with Gasteiger partial charge in [0.05, 0.1) is 20.8 Å². The van der Waals surface area contributed by atoms with Crippen LogP contribution in [0.4, 0.5) is 0 Å². The monoisotopic (exact) mass is 224 g/mol. The molecule has 16 heavy (non-hydrogen) atoms. The summed E-state index contributed by atoms with van der Waals surface area (Å²) < 4.78 is 15.3. The van der Waals surface area contributed by atoms with Crippen LogP contribution in [0.2, 0.25) is 0 Å². The summed E-state index contributed by atoms with van der Waals surface area (Å²) in [6.45, 7) is 2.34. The molecule has 0 aliphatic carbocycles. The maximum Gasteiger partial charge on any atom is 0.342 e. The van der Waals surface area contributed by atoms with E-state index >= 15 is 0 Å². The molecule has 1 rings (SSSR count). The molecule has 4 heteroatoms. The number of benzene rings is 1. The van der Waals surface area contributed by atoms with Gasteiger partial charge in [0, 0.05) is 0 Å². The third-order valence-electron chi connectivity index (χ3n) is 2.06. The molecule has 0 aromatic heterocycles. The first-order valence-corrected chi connectivity index (χ1v) is 5.12. The second kappa shape index (κ2) is 6.00. The molecule has 88 valence electrons. The molecular weight excluding hydrogens is 208 g/mol. The topological polar surface area (TPSA) is 44.8 Å². The van der Waals surface area contributed by atoms with Crippen LogP contribution in [0.3, 0.4) is 0 Å². The Morgan fingerprint density at radius 1 is 1.25 bits per heavy atom. The zero-order valence-electron chi connectivity index (χ0n) is 9.78. The lowest BCUT2D eigenvalue weighted by Crippen LogP contribution is -2.08. The highest BCUT2D eigenvalue weighted by Gasteiger charge is 2.16. The summed E-state index contributed by atoms with van der Waals surface area (Å²) in [5, 5.41) is 0. The fourth-order valence-electron chi connectivity index (χ4n) is 1.32. The van der Waals surface area contributed by atoms with E-state index in [-0.39, 0.29) is 0 Å². The largest absolute Gasteiger partial charge is 0.493 e. The lowest BCUT2D eigenvalue weighted by molar-refractivity contribution is 0.0501. The first-order valence-electron chi connectivity index (χ1n) is 5.12. The van der Waals surface area contributed by atoms with Gasteiger partial charge in [-0.1, -0.05) is 13.0 Å². The van der Waals surface area contributed by atoms with Gasteiger partial charge in [-0.05, 0) is 18.6 Å². The number of hydrogen-bond acceptors (Lipinski definition) is 4. The second-order valence-electron chi connectivity index (χ2n) is 3.18. The minimum atomic E-state index is -0.391. The van der Waals surface area contributed by atoms with Gasteiger partial charge < -0.3 is 14.2 Å². The fraction of sp³-hybridized carbons (Fsp3) is 0.417. The molecule has 0 saturated carbocycles. The van der Waals surface area contributed by atoms with Gasteiger partial charge in [0.25, 0.3) is 0 Å². The zero-order chi connectivity index (χ0) is 12.0. The molecule has 4 nitrogen and oxygen atoms in total. The Hall–Kier alpha value is -1.71. The van der Waals surface area contributed by atoms with Crippen molar-refractivity contribution in [1.82, 2.24) is 0 Å². The lowest BCUT2D eigenvalue weighted by atomic mass is 10.2. The molecular formula is C12H16O4. The van der Waals surface area contributed by atoms with Gasteiger partial charge >= 0.3 is 5.97 Å². The highest BCUT2D eigenvalue weighted by molar-refractivity contribution is 5.93. The summed E-state index contributed by atoms with van der Waals surface area (Å²) in [4.78, 5) is 11.7. The normalized spacial score (nSPS) is 9.69. The summed E-state index contributed by atoms with van der Waals surface area (Å²) >= 11 is 0. The van der Waals surface area contributed by atoms with Gasteiger partial charge in [-0.25, -0.2) is 4.79 Å². The minimum Gasteiger partial charge on any atom is -0.493 e. The first kappa shape index (κ1) is 12.4. The second-order valence-corrected chi connectivity index (χ2v) is 3.18. The number of hydrogen-bond donors (Lipinski definition) is 0. The maximum absolute atomic E-state index is 11.7. The Morgan fingerprint density at radius 3 is 2.56 bits per heavy atom. The van der Waals surface area contributed by atoms with E-state index in [1.54, 1.807) is 18.2 Å². The molecule has 0 heterocycles.